The van der Waals surface area contributed by atoms with Gasteiger partial charge in [-0.25, -0.2) is 0 Å². The van der Waals surface area contributed by atoms with Gasteiger partial charge in [0.05, 0.1) is 24.7 Å². The van der Waals surface area contributed by atoms with Crippen molar-refractivity contribution in [2.75, 3.05) is 12.4 Å². The zero-order valence-corrected chi connectivity index (χ0v) is 11.7. The Balaban J connectivity index is 2.12. The molecule has 21 heavy (non-hydrogen) atoms. The van der Waals surface area contributed by atoms with Crippen LogP contribution in [0, 0.1) is 22.8 Å². The van der Waals surface area contributed by atoms with E-state index in [1.165, 1.54) is 11.1 Å². The second-order valence-electron chi connectivity index (χ2n) is 5.06. The number of fused-ring (bicyclic) bond motifs is 1. The van der Waals surface area contributed by atoms with Crippen LogP contribution in [0.4, 0.5) is 5.69 Å². The summed E-state index contributed by atoms with van der Waals surface area (Å²) in [6.07, 6.45) is 2.22. The Labute approximate surface area is 123 Å². The largest absolute Gasteiger partial charge is 0.388 e. The number of benzene rings is 2. The molecule has 0 unspecified atom stereocenters. The molecule has 1 aliphatic heterocycles. The molecule has 0 atom stereocenters. The van der Waals surface area contributed by atoms with Gasteiger partial charge >= 0.3 is 0 Å². The average molecular weight is 274 g/mol. The summed E-state index contributed by atoms with van der Waals surface area (Å²) in [5, 5.41) is 21.2. The lowest BCUT2D eigenvalue weighted by molar-refractivity contribution is 0.417. The van der Waals surface area contributed by atoms with Gasteiger partial charge in [0.25, 0.3) is 0 Å². The average Bonchev–Trinajstić information content (AvgIpc) is 2.97. The van der Waals surface area contributed by atoms with Crippen molar-refractivity contribution in [3.05, 3.63) is 53.1 Å². The maximum absolute atomic E-state index is 9.12. The molecule has 0 saturated heterocycles. The van der Waals surface area contributed by atoms with E-state index in [1.54, 1.807) is 4.90 Å². The lowest BCUT2D eigenvalue weighted by Gasteiger charge is -2.11. The Morgan fingerprint density at radius 1 is 1.10 bits per heavy atom. The van der Waals surface area contributed by atoms with Crippen molar-refractivity contribution in [1.29, 1.82) is 10.5 Å². The van der Waals surface area contributed by atoms with Crippen molar-refractivity contribution >= 4 is 5.69 Å². The number of nitriles is 2. The minimum Gasteiger partial charge on any atom is -0.388 e. The molecule has 2 aromatic carbocycles. The lowest BCUT2D eigenvalue weighted by Crippen LogP contribution is -2.07. The summed E-state index contributed by atoms with van der Waals surface area (Å²) < 4.78 is 0. The van der Waals surface area contributed by atoms with E-state index < -0.39 is 0 Å². The fourth-order valence-corrected chi connectivity index (χ4v) is 2.71. The van der Waals surface area contributed by atoms with Gasteiger partial charge in [-0.1, -0.05) is 12.1 Å². The molecule has 1 heterocycles. The quantitative estimate of drug-likeness (QED) is 0.855. The first-order valence-corrected chi connectivity index (χ1v) is 6.74. The van der Waals surface area contributed by atoms with E-state index in [1.807, 2.05) is 31.3 Å². The molecule has 0 fully saturated rings. The van der Waals surface area contributed by atoms with Gasteiger partial charge in [-0.3, -0.25) is 0 Å². The maximum atomic E-state index is 9.12. The van der Waals surface area contributed by atoms with Gasteiger partial charge in [0.1, 0.15) is 0 Å². The minimum atomic E-state index is 0.644. The highest BCUT2D eigenvalue weighted by Gasteiger charge is 2.22. The summed E-state index contributed by atoms with van der Waals surface area (Å²) in [5.74, 6) is 0. The topological polar surface area (TPSA) is 62.9 Å². The first-order valence-electron chi connectivity index (χ1n) is 6.74. The predicted molar refractivity (Wildman–Crippen MR) is 81.0 cm³/mol. The molecule has 0 amide bonds. The van der Waals surface area contributed by atoms with Crippen LogP contribution in [0.25, 0.3) is 11.1 Å². The van der Waals surface area contributed by atoms with E-state index in [0.717, 1.165) is 16.8 Å². The van der Waals surface area contributed by atoms with Gasteiger partial charge < -0.3 is 10.2 Å². The van der Waals surface area contributed by atoms with Gasteiger partial charge in [0.2, 0.25) is 0 Å². The molecule has 0 aliphatic carbocycles. The SMILES string of the molecule is CNc1cc2c(c(-c3ccc(C#N)cc3)c1)CN(C#N)C2. The summed E-state index contributed by atoms with van der Waals surface area (Å²) in [4.78, 5) is 1.75. The Hall–Kier alpha value is -2.98. The standard InChI is InChI=1S/C17H14N4/c1-20-15-6-14-9-21(11-19)10-17(14)16(7-15)13-4-2-12(8-18)3-5-13/h2-7,20H,9-10H2,1H3. The van der Waals surface area contributed by atoms with Gasteiger partial charge in [0, 0.05) is 12.7 Å². The molecular formula is C17H14N4. The van der Waals surface area contributed by atoms with Crippen molar-refractivity contribution in [2.24, 2.45) is 0 Å². The number of anilines is 1. The molecule has 0 aromatic heterocycles. The summed E-state index contributed by atoms with van der Waals surface area (Å²) >= 11 is 0. The van der Waals surface area contributed by atoms with Crippen LogP contribution in [0.2, 0.25) is 0 Å². The van der Waals surface area contributed by atoms with Crippen LogP contribution in [0.3, 0.4) is 0 Å². The smallest absolute Gasteiger partial charge is 0.179 e. The summed E-state index contributed by atoms with van der Waals surface area (Å²) in [5.41, 5.74) is 6.26. The molecule has 1 N–H and O–H groups in total. The monoisotopic (exact) mass is 274 g/mol. The fraction of sp³-hybridized carbons (Fsp3) is 0.176. The Morgan fingerprint density at radius 3 is 2.48 bits per heavy atom. The molecule has 2 aromatic rings. The zero-order valence-electron chi connectivity index (χ0n) is 11.7. The second kappa shape index (κ2) is 5.19. The van der Waals surface area contributed by atoms with E-state index in [-0.39, 0.29) is 0 Å². The van der Waals surface area contributed by atoms with Crippen molar-refractivity contribution in [2.45, 2.75) is 13.1 Å². The third-order valence-corrected chi connectivity index (χ3v) is 3.81. The molecule has 4 heteroatoms. The summed E-state index contributed by atoms with van der Waals surface area (Å²) in [6, 6.07) is 13.9. The van der Waals surface area contributed by atoms with E-state index >= 15 is 0 Å². The predicted octanol–water partition coefficient (Wildman–Crippen LogP) is 3.06. The third kappa shape index (κ3) is 2.28. The van der Waals surface area contributed by atoms with Gasteiger partial charge in [-0.15, -0.1) is 0 Å². The van der Waals surface area contributed by atoms with E-state index in [4.69, 9.17) is 10.5 Å². The highest BCUT2D eigenvalue weighted by Crippen LogP contribution is 2.35. The molecule has 0 radical (unpaired) electrons. The van der Waals surface area contributed by atoms with Crippen LogP contribution >= 0.6 is 0 Å². The Morgan fingerprint density at radius 2 is 1.86 bits per heavy atom. The second-order valence-corrected chi connectivity index (χ2v) is 5.06. The molecular weight excluding hydrogens is 260 g/mol. The fourth-order valence-electron chi connectivity index (χ4n) is 2.71. The molecule has 0 bridgehead atoms. The number of rotatable bonds is 2. The van der Waals surface area contributed by atoms with Crippen LogP contribution in [0.1, 0.15) is 16.7 Å². The first-order chi connectivity index (χ1) is 10.2. The normalized spacial score (nSPS) is 12.4. The van der Waals surface area contributed by atoms with Crippen molar-refractivity contribution < 1.29 is 0 Å². The van der Waals surface area contributed by atoms with Gasteiger partial charge in [-0.2, -0.15) is 10.5 Å². The van der Waals surface area contributed by atoms with E-state index in [9.17, 15) is 0 Å². The van der Waals surface area contributed by atoms with Crippen molar-refractivity contribution in [3.8, 4) is 23.4 Å². The molecule has 102 valence electrons. The van der Waals surface area contributed by atoms with Crippen molar-refractivity contribution in [1.82, 2.24) is 4.90 Å². The molecule has 4 nitrogen and oxygen atoms in total. The van der Waals surface area contributed by atoms with Crippen LogP contribution in [-0.2, 0) is 13.1 Å². The van der Waals surface area contributed by atoms with Crippen LogP contribution in [0.15, 0.2) is 36.4 Å². The van der Waals surface area contributed by atoms with Crippen LogP contribution in [-0.4, -0.2) is 11.9 Å². The van der Waals surface area contributed by atoms with E-state index in [0.29, 0.717) is 18.7 Å². The number of nitrogens with zero attached hydrogens (tertiary/aromatic N) is 3. The Bertz CT molecular complexity index is 763. The van der Waals surface area contributed by atoms with Crippen molar-refractivity contribution in [3.63, 3.8) is 0 Å². The van der Waals surface area contributed by atoms with E-state index in [2.05, 4.69) is 29.7 Å². The first kappa shape index (κ1) is 13.0. The van der Waals surface area contributed by atoms with Crippen LogP contribution < -0.4 is 5.32 Å². The summed E-state index contributed by atoms with van der Waals surface area (Å²) in [6.45, 7) is 1.30. The zero-order chi connectivity index (χ0) is 14.8. The number of hydrogen-bond acceptors (Lipinski definition) is 4. The minimum absolute atomic E-state index is 0.644. The molecule has 0 saturated carbocycles. The Kier molecular flexibility index (Phi) is 3.22. The summed E-state index contributed by atoms with van der Waals surface area (Å²) in [7, 11) is 1.89. The third-order valence-electron chi connectivity index (χ3n) is 3.81. The lowest BCUT2D eigenvalue weighted by atomic mass is 9.95. The van der Waals surface area contributed by atoms with Gasteiger partial charge in [-0.05, 0) is 46.5 Å². The highest BCUT2D eigenvalue weighted by molar-refractivity contribution is 5.74. The van der Waals surface area contributed by atoms with Crippen LogP contribution in [0.5, 0.6) is 0 Å². The molecule has 1 aliphatic rings. The number of hydrogen-bond donors (Lipinski definition) is 1. The van der Waals surface area contributed by atoms with Gasteiger partial charge in [0.15, 0.2) is 6.19 Å². The molecule has 0 spiro atoms. The molecule has 3 rings (SSSR count). The maximum Gasteiger partial charge on any atom is 0.179 e. The highest BCUT2D eigenvalue weighted by atomic mass is 15.1. The number of nitrogens with one attached hydrogen (secondary N) is 1.